The number of aliphatic hydroxyl groups is 1. The standard InChI is InChI=1S/C22H23F2N3O5/c1-11(2)18(10-28)27-9-14(22(30)31)19(29)12-7-17(21(32-3)26-20(12)27)25-8-13-15(23)5-4-6-16(13)24/h4-7,9,11,18,25,28H,8,10H2,1-3H3,(H,30,31). The lowest BCUT2D eigenvalue weighted by Gasteiger charge is -2.24. The van der Waals surface area contributed by atoms with Gasteiger partial charge in [0.2, 0.25) is 11.3 Å². The second-order valence-electron chi connectivity index (χ2n) is 7.55. The van der Waals surface area contributed by atoms with Crippen LogP contribution in [0.2, 0.25) is 0 Å². The summed E-state index contributed by atoms with van der Waals surface area (Å²) in [6, 6.07) is 4.26. The molecule has 8 nitrogen and oxygen atoms in total. The average molecular weight is 447 g/mol. The van der Waals surface area contributed by atoms with Gasteiger partial charge in [0.05, 0.1) is 30.8 Å². The highest BCUT2D eigenvalue weighted by atomic mass is 19.1. The van der Waals surface area contributed by atoms with Crippen LogP contribution in [0, 0.1) is 17.6 Å². The SMILES string of the molecule is COc1nc2c(cc1NCc1c(F)cccc1F)c(=O)c(C(=O)O)cn2C(CO)C(C)C. The number of carboxylic acids is 1. The molecule has 0 amide bonds. The first-order chi connectivity index (χ1) is 15.2. The molecular formula is C22H23F2N3O5. The summed E-state index contributed by atoms with van der Waals surface area (Å²) in [5.74, 6) is -3.00. The van der Waals surface area contributed by atoms with E-state index in [1.807, 2.05) is 13.8 Å². The minimum Gasteiger partial charge on any atom is -0.479 e. The second kappa shape index (κ2) is 9.31. The minimum atomic E-state index is -1.43. The number of nitrogens with zero attached hydrogens (tertiary/aromatic N) is 2. The van der Waals surface area contributed by atoms with E-state index in [0.717, 1.165) is 18.3 Å². The Morgan fingerprint density at radius 2 is 1.94 bits per heavy atom. The van der Waals surface area contributed by atoms with Crippen molar-refractivity contribution in [3.8, 4) is 5.88 Å². The molecule has 0 saturated carbocycles. The third kappa shape index (κ3) is 4.26. The van der Waals surface area contributed by atoms with Crippen LogP contribution in [0.4, 0.5) is 14.5 Å². The molecular weight excluding hydrogens is 424 g/mol. The first-order valence-corrected chi connectivity index (χ1v) is 9.84. The largest absolute Gasteiger partial charge is 0.479 e. The summed E-state index contributed by atoms with van der Waals surface area (Å²) < 4.78 is 34.7. The summed E-state index contributed by atoms with van der Waals surface area (Å²) in [7, 11) is 1.34. The number of aliphatic hydroxyl groups excluding tert-OH is 1. The van der Waals surface area contributed by atoms with Gasteiger partial charge in [0, 0.05) is 18.3 Å². The molecule has 0 saturated heterocycles. The van der Waals surface area contributed by atoms with Gasteiger partial charge in [0.15, 0.2) is 0 Å². The fraction of sp³-hybridized carbons (Fsp3) is 0.318. The van der Waals surface area contributed by atoms with Crippen LogP contribution < -0.4 is 15.5 Å². The molecule has 32 heavy (non-hydrogen) atoms. The third-order valence-electron chi connectivity index (χ3n) is 5.22. The first kappa shape index (κ1) is 23.1. The molecule has 0 radical (unpaired) electrons. The van der Waals surface area contributed by atoms with Crippen molar-refractivity contribution in [2.75, 3.05) is 19.0 Å². The number of halogens is 2. The van der Waals surface area contributed by atoms with Crippen molar-refractivity contribution in [3.05, 3.63) is 63.4 Å². The molecule has 1 atom stereocenters. The minimum absolute atomic E-state index is 0.0333. The van der Waals surface area contributed by atoms with Crippen molar-refractivity contribution in [1.29, 1.82) is 0 Å². The molecule has 0 aliphatic rings. The van der Waals surface area contributed by atoms with Gasteiger partial charge in [0.25, 0.3) is 0 Å². The zero-order chi connectivity index (χ0) is 23.6. The number of anilines is 1. The van der Waals surface area contributed by atoms with Crippen molar-refractivity contribution in [1.82, 2.24) is 9.55 Å². The van der Waals surface area contributed by atoms with Crippen LogP contribution >= 0.6 is 0 Å². The smallest absolute Gasteiger partial charge is 0.341 e. The Hall–Kier alpha value is -3.53. The topological polar surface area (TPSA) is 114 Å². The maximum absolute atomic E-state index is 14.0. The van der Waals surface area contributed by atoms with E-state index in [9.17, 15) is 28.6 Å². The van der Waals surface area contributed by atoms with E-state index in [1.54, 1.807) is 0 Å². The lowest BCUT2D eigenvalue weighted by Crippen LogP contribution is -2.26. The molecule has 3 rings (SSSR count). The van der Waals surface area contributed by atoms with Crippen LogP contribution in [0.15, 0.2) is 35.3 Å². The summed E-state index contributed by atoms with van der Waals surface area (Å²) in [5.41, 5.74) is -1.22. The van der Waals surface area contributed by atoms with Crippen molar-refractivity contribution >= 4 is 22.7 Å². The number of hydrogen-bond acceptors (Lipinski definition) is 6. The summed E-state index contributed by atoms with van der Waals surface area (Å²) in [5, 5.41) is 22.1. The lowest BCUT2D eigenvalue weighted by atomic mass is 10.0. The number of carbonyl (C=O) groups is 1. The van der Waals surface area contributed by atoms with Gasteiger partial charge >= 0.3 is 5.97 Å². The Balaban J connectivity index is 2.21. The number of carboxylic acid groups (broad SMARTS) is 1. The Morgan fingerprint density at radius 3 is 2.47 bits per heavy atom. The van der Waals surface area contributed by atoms with Gasteiger partial charge in [-0.15, -0.1) is 0 Å². The molecule has 1 unspecified atom stereocenters. The summed E-state index contributed by atoms with van der Waals surface area (Å²) in [4.78, 5) is 28.9. The molecule has 10 heteroatoms. The third-order valence-corrected chi connectivity index (χ3v) is 5.22. The first-order valence-electron chi connectivity index (χ1n) is 9.84. The summed E-state index contributed by atoms with van der Waals surface area (Å²) in [6.45, 7) is 3.09. The molecule has 0 fully saturated rings. The van der Waals surface area contributed by atoms with Crippen molar-refractivity contribution < 1.29 is 28.5 Å². The van der Waals surface area contributed by atoms with Gasteiger partial charge in [-0.1, -0.05) is 19.9 Å². The van der Waals surface area contributed by atoms with E-state index < -0.39 is 34.6 Å². The van der Waals surface area contributed by atoms with Crippen LogP contribution in [0.5, 0.6) is 5.88 Å². The number of pyridine rings is 2. The summed E-state index contributed by atoms with van der Waals surface area (Å²) in [6.07, 6.45) is 1.15. The van der Waals surface area contributed by atoms with Gasteiger partial charge in [-0.05, 0) is 24.1 Å². The quantitative estimate of drug-likeness (QED) is 0.486. The van der Waals surface area contributed by atoms with Crippen molar-refractivity contribution in [3.63, 3.8) is 0 Å². The molecule has 3 N–H and O–H groups in total. The highest BCUT2D eigenvalue weighted by molar-refractivity contribution is 5.93. The lowest BCUT2D eigenvalue weighted by molar-refractivity contribution is 0.0694. The number of benzene rings is 1. The number of fused-ring (bicyclic) bond motifs is 1. The molecule has 2 aromatic heterocycles. The monoisotopic (exact) mass is 447 g/mol. The number of methoxy groups -OCH3 is 1. The fourth-order valence-corrected chi connectivity index (χ4v) is 3.45. The Kier molecular flexibility index (Phi) is 6.73. The normalized spacial score (nSPS) is 12.2. The van der Waals surface area contributed by atoms with E-state index in [0.29, 0.717) is 0 Å². The zero-order valence-corrected chi connectivity index (χ0v) is 17.7. The number of rotatable bonds is 8. The van der Waals surface area contributed by atoms with Crippen LogP contribution in [0.3, 0.4) is 0 Å². The van der Waals surface area contributed by atoms with Crippen LogP contribution in [0.1, 0.15) is 35.8 Å². The van der Waals surface area contributed by atoms with Gasteiger partial charge in [-0.3, -0.25) is 4.79 Å². The van der Waals surface area contributed by atoms with Crippen LogP contribution in [-0.4, -0.2) is 39.5 Å². The molecule has 1 aromatic carbocycles. The molecule has 0 aliphatic heterocycles. The van der Waals surface area contributed by atoms with Crippen LogP contribution in [-0.2, 0) is 6.54 Å². The summed E-state index contributed by atoms with van der Waals surface area (Å²) >= 11 is 0. The van der Waals surface area contributed by atoms with E-state index in [2.05, 4.69) is 10.3 Å². The average Bonchev–Trinajstić information content (AvgIpc) is 2.74. The number of nitrogens with one attached hydrogen (secondary N) is 1. The van der Waals surface area contributed by atoms with Gasteiger partial charge < -0.3 is 24.8 Å². The van der Waals surface area contributed by atoms with E-state index in [-0.39, 0.29) is 47.2 Å². The van der Waals surface area contributed by atoms with Crippen molar-refractivity contribution in [2.45, 2.75) is 26.4 Å². The number of hydrogen-bond donors (Lipinski definition) is 3. The second-order valence-corrected chi connectivity index (χ2v) is 7.55. The van der Waals surface area contributed by atoms with Crippen LogP contribution in [0.25, 0.3) is 11.0 Å². The Bertz CT molecular complexity index is 1210. The molecule has 170 valence electrons. The highest BCUT2D eigenvalue weighted by Crippen LogP contribution is 2.29. The van der Waals surface area contributed by atoms with Gasteiger partial charge in [-0.2, -0.15) is 4.98 Å². The maximum atomic E-state index is 14.0. The maximum Gasteiger partial charge on any atom is 0.341 e. The predicted molar refractivity (Wildman–Crippen MR) is 114 cm³/mol. The Morgan fingerprint density at radius 1 is 1.28 bits per heavy atom. The number of aromatic nitrogens is 2. The van der Waals surface area contributed by atoms with E-state index in [4.69, 9.17) is 4.74 Å². The number of aromatic carboxylic acids is 1. The molecule has 2 heterocycles. The molecule has 0 bridgehead atoms. The fourth-order valence-electron chi connectivity index (χ4n) is 3.45. The zero-order valence-electron chi connectivity index (χ0n) is 17.7. The van der Waals surface area contributed by atoms with Crippen molar-refractivity contribution in [2.24, 2.45) is 5.92 Å². The van der Waals surface area contributed by atoms with Gasteiger partial charge in [0.1, 0.15) is 22.8 Å². The molecule has 0 aliphatic carbocycles. The van der Waals surface area contributed by atoms with Gasteiger partial charge in [-0.25, -0.2) is 13.6 Å². The Labute approximate surface area is 182 Å². The van der Waals surface area contributed by atoms with E-state index in [1.165, 1.54) is 23.8 Å². The molecule has 3 aromatic rings. The van der Waals surface area contributed by atoms with E-state index >= 15 is 0 Å². The predicted octanol–water partition coefficient (Wildman–Crippen LogP) is 3.18. The molecule has 0 spiro atoms. The number of ether oxygens (including phenoxy) is 1. The highest BCUT2D eigenvalue weighted by Gasteiger charge is 2.23.